The molecule has 1 aromatic carbocycles. The summed E-state index contributed by atoms with van der Waals surface area (Å²) in [5, 5.41) is 13.4. The fraction of sp³-hybridized carbons (Fsp3) is 0.588. The van der Waals surface area contributed by atoms with Gasteiger partial charge in [-0.05, 0) is 39.7 Å². The van der Waals surface area contributed by atoms with Gasteiger partial charge in [0.05, 0.1) is 17.6 Å². The highest BCUT2D eigenvalue weighted by atomic mass is 16.5. The average molecular weight is 293 g/mol. The van der Waals surface area contributed by atoms with Gasteiger partial charge >= 0.3 is 0 Å². The Hall–Kier alpha value is -1.39. The van der Waals surface area contributed by atoms with E-state index in [1.807, 2.05) is 51.1 Å². The van der Waals surface area contributed by atoms with E-state index in [4.69, 9.17) is 4.74 Å². The SMILES string of the molecule is COC(C)(C)CC(C)NC(=O)CC(C)(O)c1ccccc1. The second-order valence-electron chi connectivity index (χ2n) is 6.45. The van der Waals surface area contributed by atoms with Crippen LogP contribution in [-0.2, 0) is 15.1 Å². The number of methoxy groups -OCH3 is 1. The molecule has 0 aromatic heterocycles. The van der Waals surface area contributed by atoms with E-state index < -0.39 is 5.60 Å². The summed E-state index contributed by atoms with van der Waals surface area (Å²) in [6.07, 6.45) is 0.748. The quantitative estimate of drug-likeness (QED) is 0.812. The van der Waals surface area contributed by atoms with Crippen molar-refractivity contribution in [2.24, 2.45) is 0 Å². The van der Waals surface area contributed by atoms with E-state index in [1.54, 1.807) is 14.0 Å². The summed E-state index contributed by atoms with van der Waals surface area (Å²) < 4.78 is 5.36. The van der Waals surface area contributed by atoms with E-state index in [2.05, 4.69) is 5.32 Å². The van der Waals surface area contributed by atoms with Crippen molar-refractivity contribution in [3.63, 3.8) is 0 Å². The van der Waals surface area contributed by atoms with Gasteiger partial charge < -0.3 is 15.2 Å². The first kappa shape index (κ1) is 17.7. The minimum absolute atomic E-state index is 0.0148. The Kier molecular flexibility index (Phi) is 5.93. The van der Waals surface area contributed by atoms with Crippen molar-refractivity contribution in [2.75, 3.05) is 7.11 Å². The zero-order valence-corrected chi connectivity index (χ0v) is 13.6. The number of hydrogen-bond acceptors (Lipinski definition) is 3. The lowest BCUT2D eigenvalue weighted by molar-refractivity contribution is -0.126. The molecule has 0 aliphatic heterocycles. The molecule has 118 valence electrons. The number of carbonyl (C=O) groups is 1. The normalized spacial score (nSPS) is 16.1. The molecule has 4 nitrogen and oxygen atoms in total. The van der Waals surface area contributed by atoms with Crippen LogP contribution in [0, 0.1) is 0 Å². The zero-order valence-electron chi connectivity index (χ0n) is 13.6. The minimum Gasteiger partial charge on any atom is -0.385 e. The summed E-state index contributed by atoms with van der Waals surface area (Å²) in [7, 11) is 1.66. The largest absolute Gasteiger partial charge is 0.385 e. The second-order valence-corrected chi connectivity index (χ2v) is 6.45. The molecule has 1 aromatic rings. The van der Waals surface area contributed by atoms with Crippen LogP contribution in [0.4, 0.5) is 0 Å². The third-order valence-corrected chi connectivity index (χ3v) is 3.66. The molecule has 1 amide bonds. The van der Waals surface area contributed by atoms with E-state index in [-0.39, 0.29) is 24.0 Å². The number of carbonyl (C=O) groups excluding carboxylic acids is 1. The van der Waals surface area contributed by atoms with Gasteiger partial charge in [0.2, 0.25) is 5.91 Å². The fourth-order valence-corrected chi connectivity index (χ4v) is 2.41. The van der Waals surface area contributed by atoms with Gasteiger partial charge in [-0.3, -0.25) is 4.79 Å². The van der Waals surface area contributed by atoms with Crippen LogP contribution in [0.5, 0.6) is 0 Å². The number of benzene rings is 1. The molecule has 0 radical (unpaired) electrons. The maximum absolute atomic E-state index is 12.1. The molecule has 2 atom stereocenters. The van der Waals surface area contributed by atoms with Gasteiger partial charge in [0.15, 0.2) is 0 Å². The molecule has 0 saturated heterocycles. The smallest absolute Gasteiger partial charge is 0.223 e. The molecule has 2 N–H and O–H groups in total. The molecule has 1 rings (SSSR count). The molecule has 2 unspecified atom stereocenters. The fourth-order valence-electron chi connectivity index (χ4n) is 2.41. The summed E-state index contributed by atoms with van der Waals surface area (Å²) in [5.41, 5.74) is -0.707. The number of ether oxygens (including phenoxy) is 1. The Morgan fingerprint density at radius 1 is 1.29 bits per heavy atom. The van der Waals surface area contributed by atoms with E-state index in [9.17, 15) is 9.90 Å². The Morgan fingerprint density at radius 2 is 1.86 bits per heavy atom. The van der Waals surface area contributed by atoms with Crippen LogP contribution < -0.4 is 5.32 Å². The van der Waals surface area contributed by atoms with Crippen LogP contribution in [0.2, 0.25) is 0 Å². The third-order valence-electron chi connectivity index (χ3n) is 3.66. The number of aliphatic hydroxyl groups is 1. The van der Waals surface area contributed by atoms with Gasteiger partial charge in [-0.1, -0.05) is 30.3 Å². The van der Waals surface area contributed by atoms with Gasteiger partial charge in [0, 0.05) is 13.2 Å². The Labute approximate surface area is 127 Å². The van der Waals surface area contributed by atoms with Crippen molar-refractivity contribution in [1.82, 2.24) is 5.32 Å². The highest BCUT2D eigenvalue weighted by molar-refractivity contribution is 5.77. The van der Waals surface area contributed by atoms with Gasteiger partial charge in [-0.25, -0.2) is 0 Å². The Bertz CT molecular complexity index is 454. The van der Waals surface area contributed by atoms with Crippen LogP contribution in [-0.4, -0.2) is 29.8 Å². The van der Waals surface area contributed by atoms with Crippen molar-refractivity contribution in [2.45, 2.75) is 57.8 Å². The highest BCUT2D eigenvalue weighted by Crippen LogP contribution is 2.24. The van der Waals surface area contributed by atoms with Gasteiger partial charge in [-0.2, -0.15) is 0 Å². The summed E-state index contributed by atoms with van der Waals surface area (Å²) in [4.78, 5) is 12.1. The molecule has 21 heavy (non-hydrogen) atoms. The standard InChI is InChI=1S/C17H27NO3/c1-13(11-16(2,3)21-5)18-15(19)12-17(4,20)14-9-7-6-8-10-14/h6-10,13,20H,11-12H2,1-5H3,(H,18,19). The molecule has 0 heterocycles. The van der Waals surface area contributed by atoms with Gasteiger partial charge in [0.1, 0.15) is 0 Å². The first-order valence-electron chi connectivity index (χ1n) is 7.29. The van der Waals surface area contributed by atoms with E-state index in [0.717, 1.165) is 5.56 Å². The molecule has 4 heteroatoms. The van der Waals surface area contributed by atoms with Crippen molar-refractivity contribution < 1.29 is 14.6 Å². The maximum atomic E-state index is 12.1. The highest BCUT2D eigenvalue weighted by Gasteiger charge is 2.28. The van der Waals surface area contributed by atoms with Crippen LogP contribution in [0.25, 0.3) is 0 Å². The number of amides is 1. The van der Waals surface area contributed by atoms with E-state index in [1.165, 1.54) is 0 Å². The van der Waals surface area contributed by atoms with Crippen LogP contribution >= 0.6 is 0 Å². The topological polar surface area (TPSA) is 58.6 Å². The summed E-state index contributed by atoms with van der Waals surface area (Å²) in [6.45, 7) is 7.56. The van der Waals surface area contributed by atoms with E-state index in [0.29, 0.717) is 6.42 Å². The Balaban J connectivity index is 2.57. The van der Waals surface area contributed by atoms with E-state index >= 15 is 0 Å². The number of rotatable bonds is 7. The number of hydrogen-bond donors (Lipinski definition) is 2. The lowest BCUT2D eigenvalue weighted by Crippen LogP contribution is -2.41. The first-order chi connectivity index (χ1) is 9.66. The third kappa shape index (κ3) is 5.86. The van der Waals surface area contributed by atoms with Gasteiger partial charge in [-0.15, -0.1) is 0 Å². The van der Waals surface area contributed by atoms with Crippen LogP contribution in [0.1, 0.15) is 46.1 Å². The van der Waals surface area contributed by atoms with Crippen molar-refractivity contribution >= 4 is 5.91 Å². The van der Waals surface area contributed by atoms with Crippen molar-refractivity contribution in [1.29, 1.82) is 0 Å². The predicted octanol–water partition coefficient (Wildman–Crippen LogP) is 2.60. The first-order valence-corrected chi connectivity index (χ1v) is 7.29. The molecule has 0 bridgehead atoms. The lowest BCUT2D eigenvalue weighted by atomic mass is 9.92. The second kappa shape index (κ2) is 7.05. The zero-order chi connectivity index (χ0) is 16.1. The molecule has 0 aliphatic rings. The molecule has 0 fully saturated rings. The molecular formula is C17H27NO3. The van der Waals surface area contributed by atoms with Crippen LogP contribution in [0.15, 0.2) is 30.3 Å². The summed E-state index contributed by atoms with van der Waals surface area (Å²) >= 11 is 0. The molecule has 0 aliphatic carbocycles. The van der Waals surface area contributed by atoms with Crippen molar-refractivity contribution in [3.8, 4) is 0 Å². The lowest BCUT2D eigenvalue weighted by Gasteiger charge is -2.28. The molecular weight excluding hydrogens is 266 g/mol. The van der Waals surface area contributed by atoms with Gasteiger partial charge in [0.25, 0.3) is 0 Å². The molecule has 0 saturated carbocycles. The minimum atomic E-state index is -1.16. The maximum Gasteiger partial charge on any atom is 0.223 e. The predicted molar refractivity (Wildman–Crippen MR) is 83.9 cm³/mol. The Morgan fingerprint density at radius 3 is 2.38 bits per heavy atom. The summed E-state index contributed by atoms with van der Waals surface area (Å²) in [5.74, 6) is -0.164. The molecule has 0 spiro atoms. The van der Waals surface area contributed by atoms with Crippen LogP contribution in [0.3, 0.4) is 0 Å². The summed E-state index contributed by atoms with van der Waals surface area (Å²) in [6, 6.07) is 9.22. The monoisotopic (exact) mass is 293 g/mol. The number of nitrogens with one attached hydrogen (secondary N) is 1. The van der Waals surface area contributed by atoms with Crippen molar-refractivity contribution in [3.05, 3.63) is 35.9 Å². The average Bonchev–Trinajstić information content (AvgIpc) is 2.38.